The van der Waals surface area contributed by atoms with E-state index in [0.717, 1.165) is 6.42 Å². The zero-order valence-electron chi connectivity index (χ0n) is 10.5. The molecule has 0 radical (unpaired) electrons. The summed E-state index contributed by atoms with van der Waals surface area (Å²) in [4.78, 5) is 11.2. The molecule has 3 nitrogen and oxygen atoms in total. The van der Waals surface area contributed by atoms with Crippen molar-refractivity contribution in [3.63, 3.8) is 0 Å². The SMILES string of the molecule is CCOC(=O)CC(C#N)/C=C/Cc1ccccc1. The van der Waals surface area contributed by atoms with Crippen LogP contribution in [0.3, 0.4) is 0 Å². The third-order valence-corrected chi connectivity index (χ3v) is 2.42. The van der Waals surface area contributed by atoms with E-state index in [9.17, 15) is 4.79 Å². The van der Waals surface area contributed by atoms with Crippen molar-refractivity contribution >= 4 is 5.97 Å². The standard InChI is InChI=1S/C15H17NO2/c1-2-18-15(17)11-14(12-16)10-6-9-13-7-4-3-5-8-13/h3-8,10,14H,2,9,11H2,1H3/b10-6+. The largest absolute Gasteiger partial charge is 0.466 e. The van der Waals surface area contributed by atoms with E-state index in [1.54, 1.807) is 13.0 Å². The van der Waals surface area contributed by atoms with Gasteiger partial charge in [-0.2, -0.15) is 5.26 Å². The fraction of sp³-hybridized carbons (Fsp3) is 0.333. The number of esters is 1. The summed E-state index contributed by atoms with van der Waals surface area (Å²) in [6.45, 7) is 2.11. The first-order valence-electron chi connectivity index (χ1n) is 6.02. The van der Waals surface area contributed by atoms with Crippen molar-refractivity contribution in [2.24, 2.45) is 5.92 Å². The summed E-state index contributed by atoms with van der Waals surface area (Å²) >= 11 is 0. The number of carbonyl (C=O) groups is 1. The van der Waals surface area contributed by atoms with E-state index >= 15 is 0 Å². The van der Waals surface area contributed by atoms with Crippen molar-refractivity contribution < 1.29 is 9.53 Å². The Hall–Kier alpha value is -2.08. The molecule has 0 aliphatic heterocycles. The highest BCUT2D eigenvalue weighted by Crippen LogP contribution is 2.07. The van der Waals surface area contributed by atoms with Crippen LogP contribution in [0.4, 0.5) is 0 Å². The molecule has 1 aromatic carbocycles. The van der Waals surface area contributed by atoms with Gasteiger partial charge in [-0.15, -0.1) is 0 Å². The number of nitrogens with zero attached hydrogens (tertiary/aromatic N) is 1. The number of benzene rings is 1. The second-order valence-electron chi connectivity index (χ2n) is 3.86. The maximum Gasteiger partial charge on any atom is 0.307 e. The lowest BCUT2D eigenvalue weighted by Gasteiger charge is -2.03. The van der Waals surface area contributed by atoms with Crippen LogP contribution in [-0.4, -0.2) is 12.6 Å². The van der Waals surface area contributed by atoms with E-state index in [1.165, 1.54) is 5.56 Å². The monoisotopic (exact) mass is 243 g/mol. The van der Waals surface area contributed by atoms with Crippen LogP contribution in [0.25, 0.3) is 0 Å². The summed E-state index contributed by atoms with van der Waals surface area (Å²) in [5, 5.41) is 8.93. The third kappa shape index (κ3) is 5.31. The van der Waals surface area contributed by atoms with Gasteiger partial charge in [-0.05, 0) is 18.9 Å². The molecule has 0 heterocycles. The number of hydrogen-bond donors (Lipinski definition) is 0. The number of allylic oxidation sites excluding steroid dienone is 2. The fourth-order valence-electron chi connectivity index (χ4n) is 1.54. The van der Waals surface area contributed by atoms with Crippen molar-refractivity contribution in [1.82, 2.24) is 0 Å². The lowest BCUT2D eigenvalue weighted by molar-refractivity contribution is -0.143. The molecule has 0 fully saturated rings. The van der Waals surface area contributed by atoms with Crippen molar-refractivity contribution in [3.8, 4) is 6.07 Å². The molecule has 0 spiro atoms. The van der Waals surface area contributed by atoms with E-state index in [1.807, 2.05) is 36.4 Å². The topological polar surface area (TPSA) is 50.1 Å². The lowest BCUT2D eigenvalue weighted by Crippen LogP contribution is -2.08. The first-order valence-corrected chi connectivity index (χ1v) is 6.02. The van der Waals surface area contributed by atoms with Crippen LogP contribution in [0.15, 0.2) is 42.5 Å². The minimum Gasteiger partial charge on any atom is -0.466 e. The smallest absolute Gasteiger partial charge is 0.307 e. The minimum atomic E-state index is -0.409. The Kier molecular flexibility index (Phi) is 6.27. The summed E-state index contributed by atoms with van der Waals surface area (Å²) in [5.41, 5.74) is 1.18. The lowest BCUT2D eigenvalue weighted by atomic mass is 10.1. The van der Waals surface area contributed by atoms with E-state index in [-0.39, 0.29) is 12.4 Å². The van der Waals surface area contributed by atoms with E-state index < -0.39 is 5.92 Å². The summed E-state index contributed by atoms with van der Waals surface area (Å²) in [7, 11) is 0. The van der Waals surface area contributed by atoms with Crippen LogP contribution in [0, 0.1) is 17.2 Å². The molecule has 0 aliphatic carbocycles. The number of hydrogen-bond acceptors (Lipinski definition) is 3. The normalized spacial score (nSPS) is 12.0. The van der Waals surface area contributed by atoms with E-state index in [2.05, 4.69) is 6.07 Å². The van der Waals surface area contributed by atoms with Crippen molar-refractivity contribution in [2.45, 2.75) is 19.8 Å². The molecular formula is C15H17NO2. The van der Waals surface area contributed by atoms with Gasteiger partial charge >= 0.3 is 5.97 Å². The fourth-order valence-corrected chi connectivity index (χ4v) is 1.54. The Morgan fingerprint density at radius 3 is 2.78 bits per heavy atom. The molecule has 0 aromatic heterocycles. The first-order chi connectivity index (χ1) is 8.76. The van der Waals surface area contributed by atoms with Crippen LogP contribution >= 0.6 is 0 Å². The molecule has 0 saturated carbocycles. The second-order valence-corrected chi connectivity index (χ2v) is 3.86. The molecule has 18 heavy (non-hydrogen) atoms. The number of nitriles is 1. The highest BCUT2D eigenvalue weighted by atomic mass is 16.5. The predicted molar refractivity (Wildman–Crippen MR) is 69.6 cm³/mol. The second kappa shape index (κ2) is 8.08. The van der Waals surface area contributed by atoms with Gasteiger partial charge in [-0.25, -0.2) is 0 Å². The zero-order valence-corrected chi connectivity index (χ0v) is 10.5. The predicted octanol–water partition coefficient (Wildman–Crippen LogP) is 2.88. The Labute approximate surface area is 108 Å². The van der Waals surface area contributed by atoms with Gasteiger partial charge < -0.3 is 4.74 Å². The van der Waals surface area contributed by atoms with E-state index in [4.69, 9.17) is 10.00 Å². The Balaban J connectivity index is 2.44. The molecule has 0 N–H and O–H groups in total. The van der Waals surface area contributed by atoms with Gasteiger partial charge in [0.2, 0.25) is 0 Å². The average molecular weight is 243 g/mol. The van der Waals surface area contributed by atoms with Gasteiger partial charge in [-0.3, -0.25) is 4.79 Å². The van der Waals surface area contributed by atoms with Gasteiger partial charge in [0.1, 0.15) is 0 Å². The van der Waals surface area contributed by atoms with Gasteiger partial charge in [0, 0.05) is 0 Å². The summed E-state index contributed by atoms with van der Waals surface area (Å²) < 4.78 is 4.81. The maximum absolute atomic E-state index is 11.2. The van der Waals surface area contributed by atoms with Crippen LogP contribution < -0.4 is 0 Å². The highest BCUT2D eigenvalue weighted by molar-refractivity contribution is 5.70. The van der Waals surface area contributed by atoms with Gasteiger partial charge in [0.25, 0.3) is 0 Å². The quantitative estimate of drug-likeness (QED) is 0.570. The van der Waals surface area contributed by atoms with Crippen LogP contribution in [-0.2, 0) is 16.0 Å². The third-order valence-electron chi connectivity index (χ3n) is 2.42. The summed E-state index contributed by atoms with van der Waals surface area (Å²) in [6, 6.07) is 12.1. The van der Waals surface area contributed by atoms with Crippen molar-refractivity contribution in [1.29, 1.82) is 5.26 Å². The van der Waals surface area contributed by atoms with Gasteiger partial charge in [0.15, 0.2) is 0 Å². The zero-order chi connectivity index (χ0) is 13.2. The van der Waals surface area contributed by atoms with Crippen LogP contribution in [0.5, 0.6) is 0 Å². The molecule has 1 aromatic rings. The van der Waals surface area contributed by atoms with Crippen molar-refractivity contribution in [3.05, 3.63) is 48.0 Å². The highest BCUT2D eigenvalue weighted by Gasteiger charge is 2.10. The number of carbonyl (C=O) groups excluding carboxylic acids is 1. The van der Waals surface area contributed by atoms with Gasteiger partial charge in [0.05, 0.1) is 25.0 Å². The molecule has 1 rings (SSSR count). The number of ether oxygens (including phenoxy) is 1. The van der Waals surface area contributed by atoms with Crippen LogP contribution in [0.2, 0.25) is 0 Å². The molecular weight excluding hydrogens is 226 g/mol. The Bertz CT molecular complexity index is 432. The molecule has 94 valence electrons. The van der Waals surface area contributed by atoms with E-state index in [0.29, 0.717) is 6.61 Å². The molecule has 0 aliphatic rings. The molecule has 0 bridgehead atoms. The molecule has 0 saturated heterocycles. The Morgan fingerprint density at radius 1 is 1.44 bits per heavy atom. The first kappa shape index (κ1) is 14.0. The molecule has 1 atom stereocenters. The van der Waals surface area contributed by atoms with Gasteiger partial charge in [-0.1, -0.05) is 42.5 Å². The molecule has 0 amide bonds. The Morgan fingerprint density at radius 2 is 2.17 bits per heavy atom. The molecule has 1 unspecified atom stereocenters. The van der Waals surface area contributed by atoms with Crippen LogP contribution in [0.1, 0.15) is 18.9 Å². The minimum absolute atomic E-state index is 0.121. The summed E-state index contributed by atoms with van der Waals surface area (Å²) in [6.07, 6.45) is 4.57. The number of rotatable bonds is 6. The summed E-state index contributed by atoms with van der Waals surface area (Å²) in [5.74, 6) is -0.735. The molecule has 3 heteroatoms. The maximum atomic E-state index is 11.2. The van der Waals surface area contributed by atoms with Crippen molar-refractivity contribution in [2.75, 3.05) is 6.61 Å². The average Bonchev–Trinajstić information content (AvgIpc) is 2.39.